The average Bonchev–Trinajstić information content (AvgIpc) is 2.72. The van der Waals surface area contributed by atoms with Crippen LogP contribution in [0.3, 0.4) is 0 Å². The van der Waals surface area contributed by atoms with Crippen LogP contribution in [0.4, 0.5) is 23.2 Å². The number of benzene rings is 2. The van der Waals surface area contributed by atoms with E-state index in [9.17, 15) is 30.8 Å². The molecule has 1 heterocycles. The molecular formula is C19H19F4N3O3S. The van der Waals surface area contributed by atoms with Gasteiger partial charge in [0.1, 0.15) is 10.7 Å². The van der Waals surface area contributed by atoms with E-state index in [2.05, 4.69) is 10.9 Å². The monoisotopic (exact) mass is 445 g/mol. The molecule has 0 bridgehead atoms. The van der Waals surface area contributed by atoms with Crippen molar-refractivity contribution in [1.29, 1.82) is 0 Å². The van der Waals surface area contributed by atoms with Crippen LogP contribution in [0.2, 0.25) is 0 Å². The van der Waals surface area contributed by atoms with Crippen molar-refractivity contribution in [3.05, 3.63) is 59.9 Å². The zero-order valence-corrected chi connectivity index (χ0v) is 16.4. The Bertz CT molecular complexity index is 1020. The van der Waals surface area contributed by atoms with Crippen molar-refractivity contribution in [2.45, 2.75) is 23.9 Å². The van der Waals surface area contributed by atoms with Gasteiger partial charge in [-0.05, 0) is 37.1 Å². The second-order valence-electron chi connectivity index (χ2n) is 6.77. The van der Waals surface area contributed by atoms with Crippen LogP contribution in [0.15, 0.2) is 53.4 Å². The molecule has 162 valence electrons. The van der Waals surface area contributed by atoms with Gasteiger partial charge in [0.05, 0.1) is 11.3 Å². The molecule has 2 aromatic rings. The number of sulfonamides is 1. The first-order valence-electron chi connectivity index (χ1n) is 9.07. The van der Waals surface area contributed by atoms with Crippen LogP contribution >= 0.6 is 0 Å². The Morgan fingerprint density at radius 3 is 2.23 bits per heavy atom. The van der Waals surface area contributed by atoms with Crippen LogP contribution in [0.25, 0.3) is 0 Å². The molecule has 6 nitrogen and oxygen atoms in total. The largest absolute Gasteiger partial charge is 0.418 e. The highest BCUT2D eigenvalue weighted by atomic mass is 32.2. The third-order valence-corrected chi connectivity index (χ3v) is 6.76. The van der Waals surface area contributed by atoms with E-state index >= 15 is 0 Å². The molecule has 0 unspecified atom stereocenters. The molecule has 0 aromatic heterocycles. The van der Waals surface area contributed by atoms with E-state index in [1.165, 1.54) is 36.4 Å². The summed E-state index contributed by atoms with van der Waals surface area (Å²) in [5.74, 6) is -2.00. The smallest absolute Gasteiger partial charge is 0.298 e. The minimum Gasteiger partial charge on any atom is -0.298 e. The molecule has 1 aliphatic heterocycles. The van der Waals surface area contributed by atoms with E-state index in [1.807, 2.05) is 0 Å². The highest BCUT2D eigenvalue weighted by molar-refractivity contribution is 7.89. The molecule has 1 fully saturated rings. The summed E-state index contributed by atoms with van der Waals surface area (Å²) in [6.07, 6.45) is -4.27. The fourth-order valence-corrected chi connectivity index (χ4v) is 4.76. The summed E-state index contributed by atoms with van der Waals surface area (Å²) in [5, 5.41) is 0. The van der Waals surface area contributed by atoms with Crippen molar-refractivity contribution < 1.29 is 30.8 Å². The summed E-state index contributed by atoms with van der Waals surface area (Å²) in [7, 11) is -4.03. The molecule has 1 saturated heterocycles. The number of alkyl halides is 3. The number of halogens is 4. The second kappa shape index (κ2) is 8.60. The number of rotatable bonds is 5. The maximum atomic E-state index is 13.9. The van der Waals surface area contributed by atoms with E-state index in [0.29, 0.717) is 0 Å². The molecule has 0 spiro atoms. The van der Waals surface area contributed by atoms with Crippen LogP contribution < -0.4 is 10.9 Å². The zero-order valence-electron chi connectivity index (χ0n) is 15.6. The van der Waals surface area contributed by atoms with Gasteiger partial charge in [-0.1, -0.05) is 24.3 Å². The lowest BCUT2D eigenvalue weighted by molar-refractivity contribution is -0.137. The van der Waals surface area contributed by atoms with E-state index in [1.54, 1.807) is 0 Å². The molecule has 1 aliphatic rings. The zero-order chi connectivity index (χ0) is 21.9. The number of piperidine rings is 1. The molecule has 0 atom stereocenters. The standard InChI is InChI=1S/C19H19F4N3O3S/c20-15-6-2-4-8-17(15)30(28,29)26-11-9-13(10-12-26)18(27)25-24-16-7-3-1-5-14(16)19(21,22)23/h1-8,13,24H,9-12H2,(H,25,27). The van der Waals surface area contributed by atoms with Gasteiger partial charge in [0.15, 0.2) is 0 Å². The molecule has 0 radical (unpaired) electrons. The molecule has 3 rings (SSSR count). The Morgan fingerprint density at radius 1 is 1.00 bits per heavy atom. The van der Waals surface area contributed by atoms with Crippen molar-refractivity contribution >= 4 is 21.6 Å². The Morgan fingerprint density at radius 2 is 1.60 bits per heavy atom. The minimum atomic E-state index is -4.58. The van der Waals surface area contributed by atoms with Gasteiger partial charge in [-0.2, -0.15) is 17.5 Å². The van der Waals surface area contributed by atoms with Crippen LogP contribution in [0.5, 0.6) is 0 Å². The summed E-state index contributed by atoms with van der Waals surface area (Å²) in [4.78, 5) is 11.9. The normalized spacial score (nSPS) is 16.3. The van der Waals surface area contributed by atoms with Gasteiger partial charge in [0.2, 0.25) is 15.9 Å². The van der Waals surface area contributed by atoms with Crippen molar-refractivity contribution in [2.24, 2.45) is 5.92 Å². The summed E-state index contributed by atoms with van der Waals surface area (Å²) in [6, 6.07) is 9.74. The summed E-state index contributed by atoms with van der Waals surface area (Å²) in [6.45, 7) is -0.0121. The summed E-state index contributed by atoms with van der Waals surface area (Å²) in [5.41, 5.74) is 3.34. The van der Waals surface area contributed by atoms with Gasteiger partial charge in [-0.3, -0.25) is 15.6 Å². The number of nitrogens with one attached hydrogen (secondary N) is 2. The Balaban J connectivity index is 1.60. The predicted octanol–water partition coefficient (Wildman–Crippen LogP) is 3.39. The Kier molecular flexibility index (Phi) is 6.32. The van der Waals surface area contributed by atoms with Gasteiger partial charge in [0.25, 0.3) is 0 Å². The molecule has 0 aliphatic carbocycles. The molecule has 1 amide bonds. The van der Waals surface area contributed by atoms with Gasteiger partial charge in [0, 0.05) is 19.0 Å². The van der Waals surface area contributed by atoms with Gasteiger partial charge in [-0.15, -0.1) is 0 Å². The molecule has 30 heavy (non-hydrogen) atoms. The van der Waals surface area contributed by atoms with E-state index in [0.717, 1.165) is 16.4 Å². The highest BCUT2D eigenvalue weighted by Crippen LogP contribution is 2.34. The lowest BCUT2D eigenvalue weighted by atomic mass is 9.97. The number of nitrogens with zero attached hydrogens (tertiary/aromatic N) is 1. The number of carbonyl (C=O) groups is 1. The highest BCUT2D eigenvalue weighted by Gasteiger charge is 2.35. The quantitative estimate of drug-likeness (QED) is 0.546. The maximum Gasteiger partial charge on any atom is 0.418 e. The number of para-hydroxylation sites is 1. The number of carbonyl (C=O) groups excluding carboxylic acids is 1. The first-order valence-corrected chi connectivity index (χ1v) is 10.5. The van der Waals surface area contributed by atoms with E-state index in [-0.39, 0.29) is 31.6 Å². The van der Waals surface area contributed by atoms with Crippen molar-refractivity contribution in [1.82, 2.24) is 9.73 Å². The van der Waals surface area contributed by atoms with Crippen LogP contribution in [0, 0.1) is 11.7 Å². The Hall–Kier alpha value is -2.66. The fourth-order valence-electron chi connectivity index (χ4n) is 3.22. The number of hydrogen-bond acceptors (Lipinski definition) is 4. The third kappa shape index (κ3) is 4.73. The summed E-state index contributed by atoms with van der Waals surface area (Å²) >= 11 is 0. The molecular weight excluding hydrogens is 426 g/mol. The molecule has 0 saturated carbocycles. The van der Waals surface area contributed by atoms with Crippen LogP contribution in [-0.4, -0.2) is 31.7 Å². The lowest BCUT2D eigenvalue weighted by Gasteiger charge is -2.30. The molecule has 2 aromatic carbocycles. The number of amides is 1. The lowest BCUT2D eigenvalue weighted by Crippen LogP contribution is -2.44. The van der Waals surface area contributed by atoms with Crippen LogP contribution in [0.1, 0.15) is 18.4 Å². The first kappa shape index (κ1) is 22.0. The van der Waals surface area contributed by atoms with Crippen molar-refractivity contribution in [3.63, 3.8) is 0 Å². The molecule has 11 heteroatoms. The van der Waals surface area contributed by atoms with Crippen molar-refractivity contribution in [3.8, 4) is 0 Å². The third-order valence-electron chi connectivity index (χ3n) is 4.83. The van der Waals surface area contributed by atoms with Gasteiger partial charge < -0.3 is 0 Å². The fraction of sp³-hybridized carbons (Fsp3) is 0.316. The SMILES string of the molecule is O=C(NNc1ccccc1C(F)(F)F)C1CCN(S(=O)(=O)c2ccccc2F)CC1. The Labute approximate surface area is 170 Å². The predicted molar refractivity (Wildman–Crippen MR) is 101 cm³/mol. The summed E-state index contributed by atoms with van der Waals surface area (Å²) < 4.78 is 79.2. The van der Waals surface area contributed by atoms with E-state index in [4.69, 9.17) is 0 Å². The topological polar surface area (TPSA) is 78.5 Å². The van der Waals surface area contributed by atoms with Crippen LogP contribution in [-0.2, 0) is 21.0 Å². The number of anilines is 1. The number of hydrogen-bond donors (Lipinski definition) is 2. The van der Waals surface area contributed by atoms with Gasteiger partial charge in [-0.25, -0.2) is 12.8 Å². The number of hydrazine groups is 1. The van der Waals surface area contributed by atoms with E-state index < -0.39 is 44.3 Å². The second-order valence-corrected chi connectivity index (χ2v) is 8.67. The minimum absolute atomic E-state index is 0.00606. The molecule has 2 N–H and O–H groups in total. The maximum absolute atomic E-state index is 13.9. The average molecular weight is 445 g/mol. The van der Waals surface area contributed by atoms with Crippen molar-refractivity contribution in [2.75, 3.05) is 18.5 Å². The first-order chi connectivity index (χ1) is 14.1. The van der Waals surface area contributed by atoms with Gasteiger partial charge >= 0.3 is 6.18 Å².